The molecule has 3 atom stereocenters. The fourth-order valence-corrected chi connectivity index (χ4v) is 2.50. The van der Waals surface area contributed by atoms with Gasteiger partial charge in [0.2, 0.25) is 0 Å². The molecule has 0 N–H and O–H groups in total. The average Bonchev–Trinajstić information content (AvgIpc) is 2.16. The van der Waals surface area contributed by atoms with E-state index in [1.807, 2.05) is 0 Å². The molecule has 13 heavy (non-hydrogen) atoms. The van der Waals surface area contributed by atoms with Gasteiger partial charge in [-0.25, -0.2) is 0 Å². The van der Waals surface area contributed by atoms with Gasteiger partial charge >= 0.3 is 0 Å². The molecule has 0 rings (SSSR count). The molecule has 0 aliphatic carbocycles. The highest BCUT2D eigenvalue weighted by Crippen LogP contribution is 2.35. The summed E-state index contributed by atoms with van der Waals surface area (Å²) in [6, 6.07) is 0. The maximum atomic E-state index is 2.42. The summed E-state index contributed by atoms with van der Waals surface area (Å²) in [7, 11) is 0. The van der Waals surface area contributed by atoms with Gasteiger partial charge in [-0.05, 0) is 0 Å². The summed E-state index contributed by atoms with van der Waals surface area (Å²) in [4.78, 5) is 0. The Labute approximate surface area is 85.6 Å². The first kappa shape index (κ1) is 13.1. The Bertz CT molecular complexity index is 98.5. The third-order valence-electron chi connectivity index (χ3n) is 3.90. The van der Waals surface area contributed by atoms with E-state index in [0.717, 1.165) is 24.2 Å². The molecule has 0 unspecified atom stereocenters. The molecule has 0 nitrogen and oxygen atoms in total. The van der Waals surface area contributed by atoms with E-state index in [2.05, 4.69) is 41.5 Å². The van der Waals surface area contributed by atoms with E-state index >= 15 is 0 Å². The number of rotatable bonds is 6. The molecular formula is C12H27B. The van der Waals surface area contributed by atoms with Crippen LogP contribution in [0.1, 0.15) is 60.8 Å². The Balaban J connectivity index is 4.34. The first-order chi connectivity index (χ1) is 6.08. The molecule has 0 aromatic rings. The van der Waals surface area contributed by atoms with Gasteiger partial charge < -0.3 is 0 Å². The third-order valence-corrected chi connectivity index (χ3v) is 3.90. The van der Waals surface area contributed by atoms with Crippen molar-refractivity contribution in [2.24, 2.45) is 0 Å². The molecular weight excluding hydrogens is 155 g/mol. The number of hydrogen-bond acceptors (Lipinski definition) is 0. The highest BCUT2D eigenvalue weighted by molar-refractivity contribution is 6.63. The van der Waals surface area contributed by atoms with E-state index in [4.69, 9.17) is 0 Å². The summed E-state index contributed by atoms with van der Waals surface area (Å²) in [6.45, 7) is 15.2. The van der Waals surface area contributed by atoms with Crippen molar-refractivity contribution in [3.8, 4) is 0 Å². The standard InChI is InChI=1S/C12H27B/c1-7-10(4)13(11(5)8-2)12(6)9-3/h10-12H,7-9H2,1-6H3/t10-,11-,12-/m0/s1. The normalized spacial score (nSPS) is 18.0. The van der Waals surface area contributed by atoms with Gasteiger partial charge in [0.25, 0.3) is 0 Å². The van der Waals surface area contributed by atoms with E-state index in [9.17, 15) is 0 Å². The van der Waals surface area contributed by atoms with E-state index < -0.39 is 0 Å². The van der Waals surface area contributed by atoms with Crippen molar-refractivity contribution >= 4 is 6.71 Å². The summed E-state index contributed by atoms with van der Waals surface area (Å²) in [5.74, 6) is 2.68. The van der Waals surface area contributed by atoms with Gasteiger partial charge in [0.1, 0.15) is 6.71 Å². The van der Waals surface area contributed by atoms with Crippen LogP contribution in [0.5, 0.6) is 0 Å². The van der Waals surface area contributed by atoms with Crippen molar-refractivity contribution in [2.75, 3.05) is 0 Å². The van der Waals surface area contributed by atoms with Crippen LogP contribution in [0, 0.1) is 0 Å². The second-order valence-corrected chi connectivity index (χ2v) is 4.73. The van der Waals surface area contributed by atoms with Crippen LogP contribution in [0.2, 0.25) is 17.5 Å². The van der Waals surface area contributed by atoms with Crippen LogP contribution in [-0.4, -0.2) is 6.71 Å². The minimum Gasteiger partial charge on any atom is -0.0691 e. The van der Waals surface area contributed by atoms with Gasteiger partial charge in [0, 0.05) is 0 Å². The first-order valence-corrected chi connectivity index (χ1v) is 6.08. The third kappa shape index (κ3) is 3.75. The number of hydrogen-bond donors (Lipinski definition) is 0. The van der Waals surface area contributed by atoms with E-state index in [1.54, 1.807) is 0 Å². The van der Waals surface area contributed by atoms with Crippen LogP contribution in [0.4, 0.5) is 0 Å². The molecule has 0 aromatic carbocycles. The molecule has 0 aliphatic heterocycles. The molecule has 0 aliphatic rings. The maximum absolute atomic E-state index is 2.42. The fourth-order valence-electron chi connectivity index (χ4n) is 2.50. The zero-order chi connectivity index (χ0) is 10.4. The summed E-state index contributed by atoms with van der Waals surface area (Å²) in [6.07, 6.45) is 4.00. The van der Waals surface area contributed by atoms with Crippen molar-refractivity contribution in [2.45, 2.75) is 78.3 Å². The summed E-state index contributed by atoms with van der Waals surface area (Å²) >= 11 is 0. The van der Waals surface area contributed by atoms with Crippen molar-refractivity contribution in [1.29, 1.82) is 0 Å². The summed E-state index contributed by atoms with van der Waals surface area (Å²) < 4.78 is 0. The molecule has 0 heterocycles. The van der Waals surface area contributed by atoms with Crippen LogP contribution in [0.3, 0.4) is 0 Å². The van der Waals surface area contributed by atoms with E-state index in [0.29, 0.717) is 0 Å². The molecule has 1 heteroatoms. The monoisotopic (exact) mass is 182 g/mol. The molecule has 0 fully saturated rings. The molecule has 0 bridgehead atoms. The molecule has 0 spiro atoms. The Morgan fingerprint density at radius 3 is 1.08 bits per heavy atom. The highest BCUT2D eigenvalue weighted by Gasteiger charge is 2.29. The fraction of sp³-hybridized carbons (Fsp3) is 1.00. The summed E-state index contributed by atoms with van der Waals surface area (Å²) in [5, 5.41) is 0. The molecule has 0 saturated heterocycles. The Hall–Kier alpha value is 0.0649. The smallest absolute Gasteiger partial charge is 0.0691 e. The second-order valence-electron chi connectivity index (χ2n) is 4.73. The van der Waals surface area contributed by atoms with Gasteiger partial charge in [-0.1, -0.05) is 78.3 Å². The van der Waals surface area contributed by atoms with Crippen LogP contribution in [0.15, 0.2) is 0 Å². The SMILES string of the molecule is CC[C@H](C)B([C@@H](C)CC)[C@@H](C)CC. The van der Waals surface area contributed by atoms with Crippen LogP contribution >= 0.6 is 0 Å². The van der Waals surface area contributed by atoms with Gasteiger partial charge in [0.05, 0.1) is 0 Å². The maximum Gasteiger partial charge on any atom is 0.148 e. The first-order valence-electron chi connectivity index (χ1n) is 6.08. The Morgan fingerprint density at radius 1 is 0.692 bits per heavy atom. The largest absolute Gasteiger partial charge is 0.148 e. The quantitative estimate of drug-likeness (QED) is 0.513. The Kier molecular flexibility index (Phi) is 6.54. The van der Waals surface area contributed by atoms with Crippen molar-refractivity contribution in [3.05, 3.63) is 0 Å². The molecule has 0 radical (unpaired) electrons. The molecule has 0 aromatic heterocycles. The van der Waals surface area contributed by atoms with Gasteiger partial charge in [0.15, 0.2) is 0 Å². The van der Waals surface area contributed by atoms with Gasteiger partial charge in [-0.15, -0.1) is 0 Å². The van der Waals surface area contributed by atoms with E-state index in [-0.39, 0.29) is 0 Å². The topological polar surface area (TPSA) is 0 Å². The average molecular weight is 182 g/mol. The molecule has 0 amide bonds. The minimum absolute atomic E-state index is 0.893. The van der Waals surface area contributed by atoms with Crippen molar-refractivity contribution in [1.82, 2.24) is 0 Å². The molecule has 78 valence electrons. The van der Waals surface area contributed by atoms with Crippen molar-refractivity contribution < 1.29 is 0 Å². The van der Waals surface area contributed by atoms with Crippen LogP contribution in [0.25, 0.3) is 0 Å². The lowest BCUT2D eigenvalue weighted by Crippen LogP contribution is -2.28. The zero-order valence-electron chi connectivity index (χ0n) is 10.4. The lowest BCUT2D eigenvalue weighted by Gasteiger charge is -2.30. The van der Waals surface area contributed by atoms with Crippen molar-refractivity contribution in [3.63, 3.8) is 0 Å². The summed E-state index contributed by atoms with van der Waals surface area (Å²) in [5.41, 5.74) is 0. The predicted molar refractivity (Wildman–Crippen MR) is 64.9 cm³/mol. The lowest BCUT2D eigenvalue weighted by molar-refractivity contribution is 0.720. The minimum atomic E-state index is 0.893. The van der Waals surface area contributed by atoms with Crippen LogP contribution < -0.4 is 0 Å². The van der Waals surface area contributed by atoms with Gasteiger partial charge in [-0.3, -0.25) is 0 Å². The van der Waals surface area contributed by atoms with Crippen LogP contribution in [-0.2, 0) is 0 Å². The predicted octanol–water partition coefficient (Wildman–Crippen LogP) is 4.88. The van der Waals surface area contributed by atoms with Gasteiger partial charge in [-0.2, -0.15) is 0 Å². The molecule has 0 saturated carbocycles. The Morgan fingerprint density at radius 2 is 0.923 bits per heavy atom. The lowest BCUT2D eigenvalue weighted by atomic mass is 9.28. The van der Waals surface area contributed by atoms with E-state index in [1.165, 1.54) is 19.3 Å². The second kappa shape index (κ2) is 6.51. The highest BCUT2D eigenvalue weighted by atomic mass is 14.1. The zero-order valence-corrected chi connectivity index (χ0v) is 10.4.